The van der Waals surface area contributed by atoms with E-state index in [1.807, 2.05) is 12.1 Å². The van der Waals surface area contributed by atoms with Crippen LogP contribution in [0.3, 0.4) is 0 Å². The molecule has 1 rings (SSSR count). The van der Waals surface area contributed by atoms with Gasteiger partial charge in [-0.3, -0.25) is 0 Å². The average molecular weight is 366 g/mol. The molecule has 0 spiro atoms. The van der Waals surface area contributed by atoms with Crippen molar-refractivity contribution >= 4 is 11.9 Å². The fraction of sp³-hybridized carbons (Fsp3) is 0.600. The van der Waals surface area contributed by atoms with Crippen LogP contribution in [0.2, 0.25) is 0 Å². The van der Waals surface area contributed by atoms with Crippen molar-refractivity contribution < 1.29 is 28.8 Å². The molecule has 2 atom stereocenters. The van der Waals surface area contributed by atoms with Gasteiger partial charge in [-0.2, -0.15) is 0 Å². The minimum Gasteiger partial charge on any atom is -0.466 e. The topological polar surface area (TPSA) is 71.1 Å². The summed E-state index contributed by atoms with van der Waals surface area (Å²) in [6, 6.07) is 7.08. The van der Waals surface area contributed by atoms with Crippen molar-refractivity contribution in [3.8, 4) is 0 Å². The van der Waals surface area contributed by atoms with Gasteiger partial charge >= 0.3 is 11.9 Å². The molecular formula is C20H30O6. The predicted octanol–water partition coefficient (Wildman–Crippen LogP) is 3.82. The maximum absolute atomic E-state index is 12.4. The Kier molecular flexibility index (Phi) is 7.35. The molecule has 0 aromatic heterocycles. The number of hydrogen-bond donors (Lipinski definition) is 0. The van der Waals surface area contributed by atoms with Gasteiger partial charge in [-0.05, 0) is 50.8 Å². The van der Waals surface area contributed by atoms with Crippen molar-refractivity contribution in [1.29, 1.82) is 0 Å². The van der Waals surface area contributed by atoms with Crippen LogP contribution in [0.5, 0.6) is 0 Å². The van der Waals surface area contributed by atoms with E-state index in [0.29, 0.717) is 5.56 Å². The lowest BCUT2D eigenvalue weighted by Gasteiger charge is -2.25. The zero-order valence-electron chi connectivity index (χ0n) is 16.9. The van der Waals surface area contributed by atoms with Gasteiger partial charge in [-0.15, -0.1) is 0 Å². The quantitative estimate of drug-likeness (QED) is 0.433. The Bertz CT molecular complexity index is 607. The Morgan fingerprint density at radius 3 is 1.92 bits per heavy atom. The summed E-state index contributed by atoms with van der Waals surface area (Å²) in [5.41, 5.74) is 0.843. The van der Waals surface area contributed by atoms with Crippen molar-refractivity contribution in [3.63, 3.8) is 0 Å². The summed E-state index contributed by atoms with van der Waals surface area (Å²) in [6.07, 6.45) is -2.07. The summed E-state index contributed by atoms with van der Waals surface area (Å²) < 4.78 is 10.0. The average Bonchev–Trinajstić information content (AvgIpc) is 2.55. The van der Waals surface area contributed by atoms with Crippen LogP contribution in [0, 0.1) is 0 Å². The highest BCUT2D eigenvalue weighted by molar-refractivity contribution is 5.91. The fourth-order valence-corrected chi connectivity index (χ4v) is 2.01. The Hall–Kier alpha value is -1.92. The van der Waals surface area contributed by atoms with Gasteiger partial charge in [0.1, 0.15) is 6.10 Å². The molecule has 26 heavy (non-hydrogen) atoms. The van der Waals surface area contributed by atoms with E-state index in [-0.39, 0.29) is 5.41 Å². The third-order valence-corrected chi connectivity index (χ3v) is 3.53. The third-order valence-electron chi connectivity index (χ3n) is 3.53. The molecular weight excluding hydrogens is 336 g/mol. The van der Waals surface area contributed by atoms with Crippen molar-refractivity contribution in [1.82, 2.24) is 0 Å². The van der Waals surface area contributed by atoms with E-state index in [0.717, 1.165) is 5.56 Å². The second-order valence-electron chi connectivity index (χ2n) is 8.17. The Morgan fingerprint density at radius 2 is 1.50 bits per heavy atom. The third kappa shape index (κ3) is 6.77. The highest BCUT2D eigenvalue weighted by Crippen LogP contribution is 2.23. The highest BCUT2D eigenvalue weighted by Gasteiger charge is 2.33. The van der Waals surface area contributed by atoms with E-state index in [2.05, 4.69) is 20.8 Å². The highest BCUT2D eigenvalue weighted by atomic mass is 17.2. The molecule has 1 aromatic carbocycles. The smallest absolute Gasteiger partial charge is 0.350 e. The molecule has 6 nitrogen and oxygen atoms in total. The van der Waals surface area contributed by atoms with Crippen LogP contribution in [0.1, 0.15) is 64.4 Å². The van der Waals surface area contributed by atoms with E-state index < -0.39 is 29.7 Å². The van der Waals surface area contributed by atoms with E-state index >= 15 is 0 Å². The monoisotopic (exact) mass is 366 g/mol. The molecule has 0 saturated carbocycles. The van der Waals surface area contributed by atoms with Crippen LogP contribution in [-0.2, 0) is 29.5 Å². The number of esters is 2. The van der Waals surface area contributed by atoms with Gasteiger partial charge in [0.15, 0.2) is 0 Å². The van der Waals surface area contributed by atoms with E-state index in [1.54, 1.807) is 39.8 Å². The lowest BCUT2D eigenvalue weighted by molar-refractivity contribution is -0.378. The van der Waals surface area contributed by atoms with Crippen molar-refractivity contribution in [2.45, 2.75) is 71.7 Å². The van der Waals surface area contributed by atoms with Crippen molar-refractivity contribution in [2.24, 2.45) is 0 Å². The van der Waals surface area contributed by atoms with Crippen LogP contribution in [0.25, 0.3) is 0 Å². The Morgan fingerprint density at radius 1 is 0.962 bits per heavy atom. The van der Waals surface area contributed by atoms with Crippen LogP contribution in [0.15, 0.2) is 24.3 Å². The predicted molar refractivity (Wildman–Crippen MR) is 97.7 cm³/mol. The largest absolute Gasteiger partial charge is 0.466 e. The van der Waals surface area contributed by atoms with Crippen LogP contribution in [-0.4, -0.2) is 36.9 Å². The standard InChI is InChI=1S/C20H30O6/c1-13(25-26-20(5,6)7)16(18(22)23-8)24-17(21)14-9-11-15(12-10-14)19(2,3)4/h9-13,16H,1-8H3/t13-,16+/m0/s1. The molecule has 0 aliphatic heterocycles. The molecule has 0 heterocycles. The molecule has 0 unspecified atom stereocenters. The number of benzene rings is 1. The SMILES string of the molecule is COC(=O)[C@H](OC(=O)c1ccc(C(C)(C)C)cc1)[C@H](C)OOC(C)(C)C. The molecule has 0 radical (unpaired) electrons. The van der Waals surface area contributed by atoms with Crippen molar-refractivity contribution in [3.05, 3.63) is 35.4 Å². The minimum atomic E-state index is -1.24. The van der Waals surface area contributed by atoms with Gasteiger partial charge in [-0.1, -0.05) is 32.9 Å². The zero-order valence-corrected chi connectivity index (χ0v) is 16.9. The second kappa shape index (κ2) is 8.64. The molecule has 0 N–H and O–H groups in total. The molecule has 0 aliphatic carbocycles. The number of carbonyl (C=O) groups excluding carboxylic acids is 2. The van der Waals surface area contributed by atoms with Crippen LogP contribution in [0.4, 0.5) is 0 Å². The van der Waals surface area contributed by atoms with Gasteiger partial charge in [0.2, 0.25) is 6.10 Å². The first kappa shape index (κ1) is 22.1. The summed E-state index contributed by atoms with van der Waals surface area (Å²) in [6.45, 7) is 13.2. The lowest BCUT2D eigenvalue weighted by Crippen LogP contribution is -2.40. The Balaban J connectivity index is 2.87. The van der Waals surface area contributed by atoms with Crippen molar-refractivity contribution in [2.75, 3.05) is 7.11 Å². The van der Waals surface area contributed by atoms with Gasteiger partial charge < -0.3 is 9.47 Å². The zero-order chi connectivity index (χ0) is 20.1. The molecule has 1 aromatic rings. The molecule has 146 valence electrons. The minimum absolute atomic E-state index is 0.0242. The first-order chi connectivity index (χ1) is 11.8. The summed E-state index contributed by atoms with van der Waals surface area (Å²) >= 11 is 0. The molecule has 0 aliphatic rings. The number of rotatable bonds is 6. The summed E-state index contributed by atoms with van der Waals surface area (Å²) in [5.74, 6) is -1.35. The number of ether oxygens (including phenoxy) is 2. The van der Waals surface area contributed by atoms with Gasteiger partial charge in [-0.25, -0.2) is 19.4 Å². The van der Waals surface area contributed by atoms with E-state index in [1.165, 1.54) is 7.11 Å². The second-order valence-corrected chi connectivity index (χ2v) is 8.17. The summed E-state index contributed by atoms with van der Waals surface area (Å²) in [7, 11) is 1.22. The fourth-order valence-electron chi connectivity index (χ4n) is 2.01. The number of hydrogen-bond acceptors (Lipinski definition) is 6. The molecule has 0 saturated heterocycles. The van der Waals surface area contributed by atoms with Crippen LogP contribution < -0.4 is 0 Å². The van der Waals surface area contributed by atoms with Crippen LogP contribution >= 0.6 is 0 Å². The first-order valence-electron chi connectivity index (χ1n) is 8.59. The van der Waals surface area contributed by atoms with Gasteiger partial charge in [0.05, 0.1) is 18.3 Å². The molecule has 0 fully saturated rings. The number of methoxy groups -OCH3 is 1. The molecule has 6 heteroatoms. The van der Waals surface area contributed by atoms with E-state index in [4.69, 9.17) is 19.2 Å². The van der Waals surface area contributed by atoms with Gasteiger partial charge in [0.25, 0.3) is 0 Å². The molecule has 0 amide bonds. The maximum Gasteiger partial charge on any atom is 0.350 e. The van der Waals surface area contributed by atoms with Gasteiger partial charge in [0, 0.05) is 0 Å². The summed E-state index contributed by atoms with van der Waals surface area (Å²) in [4.78, 5) is 34.8. The summed E-state index contributed by atoms with van der Waals surface area (Å²) in [5, 5.41) is 0. The van der Waals surface area contributed by atoms with E-state index in [9.17, 15) is 9.59 Å². The lowest BCUT2D eigenvalue weighted by atomic mass is 9.87. The number of carbonyl (C=O) groups is 2. The molecule has 0 bridgehead atoms. The maximum atomic E-state index is 12.4. The Labute approximate surface area is 155 Å². The normalized spacial score (nSPS) is 14.5. The first-order valence-corrected chi connectivity index (χ1v) is 8.59.